The van der Waals surface area contributed by atoms with E-state index < -0.39 is 5.91 Å². The molecule has 0 fully saturated rings. The van der Waals surface area contributed by atoms with Gasteiger partial charge in [0, 0.05) is 48.8 Å². The van der Waals surface area contributed by atoms with Gasteiger partial charge in [-0.25, -0.2) is 4.98 Å². The van der Waals surface area contributed by atoms with Gasteiger partial charge in [0.1, 0.15) is 23.9 Å². The average Bonchev–Trinajstić information content (AvgIpc) is 3.22. The molecule has 0 unspecified atom stereocenters. The number of pyridine rings is 2. The van der Waals surface area contributed by atoms with Gasteiger partial charge in [0.05, 0.1) is 37.1 Å². The predicted octanol–water partition coefficient (Wildman–Crippen LogP) is 2.67. The van der Waals surface area contributed by atoms with Gasteiger partial charge in [-0.1, -0.05) is 0 Å². The Bertz CT molecular complexity index is 1230. The van der Waals surface area contributed by atoms with Crippen LogP contribution in [0.2, 0.25) is 0 Å². The van der Waals surface area contributed by atoms with Crippen molar-refractivity contribution in [3.63, 3.8) is 0 Å². The lowest BCUT2D eigenvalue weighted by molar-refractivity contribution is -0.116. The first-order chi connectivity index (χ1) is 15.0. The molecule has 3 heterocycles. The van der Waals surface area contributed by atoms with Crippen LogP contribution in [0.5, 0.6) is 11.5 Å². The molecule has 0 aliphatic heterocycles. The maximum atomic E-state index is 11.8. The van der Waals surface area contributed by atoms with E-state index in [1.807, 2.05) is 25.4 Å². The van der Waals surface area contributed by atoms with Gasteiger partial charge >= 0.3 is 0 Å². The first kappa shape index (κ1) is 20.1. The number of aryl methyl sites for hydroxylation is 1. The summed E-state index contributed by atoms with van der Waals surface area (Å²) in [5, 5.41) is 4.21. The lowest BCUT2D eigenvalue weighted by Gasteiger charge is -2.23. The summed E-state index contributed by atoms with van der Waals surface area (Å²) in [6.45, 7) is -0.0649. The Morgan fingerprint density at radius 2 is 1.77 bits per heavy atom. The van der Waals surface area contributed by atoms with E-state index >= 15 is 0 Å². The van der Waals surface area contributed by atoms with Gasteiger partial charge in [0.2, 0.25) is 5.91 Å². The zero-order valence-electron chi connectivity index (χ0n) is 17.4. The predicted molar refractivity (Wildman–Crippen MR) is 117 cm³/mol. The number of carbonyl (C=O) groups excluding carboxylic acids is 1. The fourth-order valence-electron chi connectivity index (χ4n) is 3.28. The fourth-order valence-corrected chi connectivity index (χ4v) is 3.28. The molecule has 3 aromatic heterocycles. The molecule has 0 radical (unpaired) electrons. The van der Waals surface area contributed by atoms with Crippen molar-refractivity contribution in [3.05, 3.63) is 55.0 Å². The molecule has 0 aliphatic rings. The molecule has 9 nitrogen and oxygen atoms in total. The number of methoxy groups -OCH3 is 2. The van der Waals surface area contributed by atoms with Crippen molar-refractivity contribution in [1.29, 1.82) is 0 Å². The number of primary amides is 1. The molecule has 0 atom stereocenters. The number of benzene rings is 1. The highest BCUT2D eigenvalue weighted by atomic mass is 16.5. The van der Waals surface area contributed by atoms with E-state index in [0.29, 0.717) is 28.5 Å². The third-order valence-electron chi connectivity index (χ3n) is 4.80. The van der Waals surface area contributed by atoms with Gasteiger partial charge in [0.15, 0.2) is 0 Å². The number of carbonyl (C=O) groups is 1. The van der Waals surface area contributed by atoms with E-state index in [0.717, 1.165) is 16.6 Å². The van der Waals surface area contributed by atoms with E-state index in [-0.39, 0.29) is 6.54 Å². The molecule has 1 amide bonds. The summed E-state index contributed by atoms with van der Waals surface area (Å²) in [4.78, 5) is 22.8. The average molecular weight is 418 g/mol. The molecule has 2 N–H and O–H groups in total. The normalized spacial score (nSPS) is 10.8. The van der Waals surface area contributed by atoms with Gasteiger partial charge in [-0.3, -0.25) is 14.5 Å². The third-order valence-corrected chi connectivity index (χ3v) is 4.80. The van der Waals surface area contributed by atoms with Crippen LogP contribution in [0.3, 0.4) is 0 Å². The second kappa shape index (κ2) is 8.31. The van der Waals surface area contributed by atoms with Crippen molar-refractivity contribution in [1.82, 2.24) is 19.7 Å². The number of fused-ring (bicyclic) bond motifs is 1. The Kier molecular flexibility index (Phi) is 5.40. The first-order valence-corrected chi connectivity index (χ1v) is 9.51. The molecule has 0 spiro atoms. The van der Waals surface area contributed by atoms with Crippen molar-refractivity contribution in [2.45, 2.75) is 0 Å². The number of nitrogens with two attached hydrogens (primary N) is 1. The molecule has 0 aliphatic carbocycles. The third kappa shape index (κ3) is 4.25. The molecule has 0 bridgehead atoms. The van der Waals surface area contributed by atoms with Crippen LogP contribution in [0.4, 0.5) is 11.5 Å². The van der Waals surface area contributed by atoms with Crippen molar-refractivity contribution in [3.8, 4) is 22.6 Å². The smallest absolute Gasteiger partial charge is 0.237 e. The zero-order chi connectivity index (χ0) is 22.0. The largest absolute Gasteiger partial charge is 0.497 e. The van der Waals surface area contributed by atoms with Crippen molar-refractivity contribution >= 4 is 28.4 Å². The second-order valence-corrected chi connectivity index (χ2v) is 6.96. The lowest BCUT2D eigenvalue weighted by atomic mass is 10.1. The molecule has 4 aromatic rings. The van der Waals surface area contributed by atoms with E-state index in [2.05, 4.69) is 10.1 Å². The lowest BCUT2D eigenvalue weighted by Crippen LogP contribution is -2.30. The molecule has 158 valence electrons. The van der Waals surface area contributed by atoms with Gasteiger partial charge in [-0.15, -0.1) is 0 Å². The number of hydrogen-bond donors (Lipinski definition) is 1. The second-order valence-electron chi connectivity index (χ2n) is 6.96. The summed E-state index contributed by atoms with van der Waals surface area (Å²) >= 11 is 0. The highest BCUT2D eigenvalue weighted by molar-refractivity contribution is 5.85. The first-order valence-electron chi connectivity index (χ1n) is 9.51. The monoisotopic (exact) mass is 418 g/mol. The number of nitrogens with zero attached hydrogens (tertiary/aromatic N) is 5. The van der Waals surface area contributed by atoms with Crippen LogP contribution in [-0.2, 0) is 11.8 Å². The molecule has 0 saturated heterocycles. The van der Waals surface area contributed by atoms with Crippen LogP contribution in [0.25, 0.3) is 22.2 Å². The Balaban J connectivity index is 1.81. The Hall–Kier alpha value is -4.14. The van der Waals surface area contributed by atoms with Crippen LogP contribution in [0, 0.1) is 0 Å². The van der Waals surface area contributed by atoms with Gasteiger partial charge in [0.25, 0.3) is 0 Å². The molecule has 1 aromatic carbocycles. The number of hydrogen-bond acceptors (Lipinski definition) is 7. The minimum atomic E-state index is -0.495. The van der Waals surface area contributed by atoms with E-state index in [9.17, 15) is 4.79 Å². The summed E-state index contributed by atoms with van der Waals surface area (Å²) in [7, 11) is 4.99. The fraction of sp³-hybridized carbons (Fsp3) is 0.182. The molecular formula is C22H22N6O3. The Morgan fingerprint density at radius 3 is 2.39 bits per heavy atom. The molecule has 0 saturated carbocycles. The van der Waals surface area contributed by atoms with Crippen LogP contribution < -0.4 is 20.1 Å². The van der Waals surface area contributed by atoms with Crippen LogP contribution >= 0.6 is 0 Å². The van der Waals surface area contributed by atoms with Gasteiger partial charge in [-0.05, 0) is 18.2 Å². The number of rotatable bonds is 7. The van der Waals surface area contributed by atoms with Gasteiger partial charge < -0.3 is 20.1 Å². The van der Waals surface area contributed by atoms with E-state index in [1.54, 1.807) is 60.5 Å². The molecule has 9 heteroatoms. The summed E-state index contributed by atoms with van der Waals surface area (Å²) in [5.74, 6) is 1.23. The maximum Gasteiger partial charge on any atom is 0.237 e. The molecule has 31 heavy (non-hydrogen) atoms. The zero-order valence-corrected chi connectivity index (χ0v) is 17.4. The summed E-state index contributed by atoms with van der Waals surface area (Å²) in [5.41, 5.74) is 9.45. The van der Waals surface area contributed by atoms with Gasteiger partial charge in [-0.2, -0.15) is 5.10 Å². The van der Waals surface area contributed by atoms with E-state index in [1.165, 1.54) is 0 Å². The minimum absolute atomic E-state index is 0.0649. The number of amides is 1. The molecular weight excluding hydrogens is 396 g/mol. The molecule has 4 rings (SSSR count). The van der Waals surface area contributed by atoms with Crippen LogP contribution in [0.15, 0.2) is 55.0 Å². The van der Waals surface area contributed by atoms with E-state index in [4.69, 9.17) is 20.2 Å². The minimum Gasteiger partial charge on any atom is -0.497 e. The SMILES string of the molecule is COc1cc(OC)cc(N(CC(N)=O)c2ccc3ncc(-c4cnn(C)c4)cc3n2)c1. The summed E-state index contributed by atoms with van der Waals surface area (Å²) in [6.07, 6.45) is 5.47. The van der Waals surface area contributed by atoms with Crippen molar-refractivity contribution in [2.24, 2.45) is 12.8 Å². The number of anilines is 2. The summed E-state index contributed by atoms with van der Waals surface area (Å²) < 4.78 is 12.5. The number of aromatic nitrogens is 4. The highest BCUT2D eigenvalue weighted by Crippen LogP contribution is 2.33. The quantitative estimate of drug-likeness (QED) is 0.491. The Morgan fingerprint density at radius 1 is 1.03 bits per heavy atom. The maximum absolute atomic E-state index is 11.8. The van der Waals surface area contributed by atoms with Crippen LogP contribution in [-0.4, -0.2) is 46.4 Å². The Labute approximate surface area is 179 Å². The summed E-state index contributed by atoms with van der Waals surface area (Å²) in [6, 6.07) is 10.9. The highest BCUT2D eigenvalue weighted by Gasteiger charge is 2.17. The topological polar surface area (TPSA) is 108 Å². The standard InChI is InChI=1S/C22H22N6O3/c1-27-12-15(11-25-27)14-6-20-19(24-10-14)4-5-22(26-20)28(13-21(23)29)16-7-17(30-2)9-18(8-16)31-3/h4-12H,13H2,1-3H3,(H2,23,29). The van der Waals surface area contributed by atoms with Crippen LogP contribution in [0.1, 0.15) is 0 Å². The van der Waals surface area contributed by atoms with Crippen molar-refractivity contribution < 1.29 is 14.3 Å². The van der Waals surface area contributed by atoms with Crippen molar-refractivity contribution in [2.75, 3.05) is 25.7 Å². The number of ether oxygens (including phenoxy) is 2.